The largest absolute Gasteiger partial charge is 0.465 e. The summed E-state index contributed by atoms with van der Waals surface area (Å²) < 4.78 is 11.4. The molecule has 3 heteroatoms. The third kappa shape index (κ3) is 1.79. The van der Waals surface area contributed by atoms with Gasteiger partial charge in [-0.3, -0.25) is 0 Å². The van der Waals surface area contributed by atoms with Gasteiger partial charge in [0.15, 0.2) is 6.29 Å². The summed E-state index contributed by atoms with van der Waals surface area (Å²) in [5, 5.41) is 11.0. The van der Waals surface area contributed by atoms with Gasteiger partial charge in [-0.15, -0.1) is 0 Å². The van der Waals surface area contributed by atoms with E-state index < -0.39 is 6.29 Å². The summed E-state index contributed by atoms with van der Waals surface area (Å²) in [5.41, 5.74) is 1.94. The van der Waals surface area contributed by atoms with E-state index in [1.165, 1.54) is 0 Å². The van der Waals surface area contributed by atoms with Gasteiger partial charge in [-0.2, -0.15) is 0 Å². The van der Waals surface area contributed by atoms with E-state index in [9.17, 15) is 5.11 Å². The number of furan rings is 1. The molecule has 0 saturated carbocycles. The van der Waals surface area contributed by atoms with Crippen LogP contribution in [0.2, 0.25) is 0 Å². The first-order valence-electron chi connectivity index (χ1n) is 6.73. The first-order valence-corrected chi connectivity index (χ1v) is 6.73. The summed E-state index contributed by atoms with van der Waals surface area (Å²) in [4.78, 5) is 0. The smallest absolute Gasteiger partial charge is 0.198 e. The maximum atomic E-state index is 9.90. The van der Waals surface area contributed by atoms with Crippen LogP contribution in [0.15, 0.2) is 59.0 Å². The highest BCUT2D eigenvalue weighted by molar-refractivity contribution is 5.78. The molecule has 0 spiro atoms. The topological polar surface area (TPSA) is 42.6 Å². The van der Waals surface area contributed by atoms with Crippen molar-refractivity contribution >= 4 is 11.0 Å². The van der Waals surface area contributed by atoms with E-state index in [0.29, 0.717) is 6.42 Å². The highest BCUT2D eigenvalue weighted by Crippen LogP contribution is 2.41. The summed E-state index contributed by atoms with van der Waals surface area (Å²) in [5.74, 6) is 1.64. The van der Waals surface area contributed by atoms with Crippen LogP contribution in [-0.2, 0) is 0 Å². The van der Waals surface area contributed by atoms with Gasteiger partial charge in [-0.1, -0.05) is 36.4 Å². The molecule has 1 N–H and O–H groups in total. The Morgan fingerprint density at radius 3 is 2.70 bits per heavy atom. The Kier molecular flexibility index (Phi) is 2.54. The van der Waals surface area contributed by atoms with Crippen molar-refractivity contribution in [1.82, 2.24) is 0 Å². The van der Waals surface area contributed by atoms with Crippen molar-refractivity contribution in [2.45, 2.75) is 18.6 Å². The molecule has 3 aromatic rings. The van der Waals surface area contributed by atoms with Gasteiger partial charge in [0.1, 0.15) is 17.1 Å². The van der Waals surface area contributed by atoms with E-state index in [2.05, 4.69) is 6.07 Å². The summed E-state index contributed by atoms with van der Waals surface area (Å²) in [6.07, 6.45) is -0.278. The molecule has 0 amide bonds. The Bertz CT molecular complexity index is 727. The van der Waals surface area contributed by atoms with E-state index >= 15 is 0 Å². The zero-order valence-electron chi connectivity index (χ0n) is 10.8. The maximum Gasteiger partial charge on any atom is 0.198 e. The molecule has 1 aliphatic heterocycles. The number of rotatable bonds is 1. The minimum atomic E-state index is -0.789. The van der Waals surface area contributed by atoms with Crippen LogP contribution in [-0.4, -0.2) is 11.4 Å². The quantitative estimate of drug-likeness (QED) is 0.730. The molecular formula is C17H14O3. The lowest BCUT2D eigenvalue weighted by Gasteiger charge is -2.28. The van der Waals surface area contributed by atoms with Crippen LogP contribution in [0.5, 0.6) is 5.75 Å². The van der Waals surface area contributed by atoms with Gasteiger partial charge in [-0.25, -0.2) is 0 Å². The average Bonchev–Trinajstić information content (AvgIpc) is 2.90. The first-order chi connectivity index (χ1) is 9.81. The third-order valence-corrected chi connectivity index (χ3v) is 3.78. The fourth-order valence-corrected chi connectivity index (χ4v) is 2.84. The lowest BCUT2D eigenvalue weighted by molar-refractivity contribution is -0.0372. The SMILES string of the molecule is OC1CC(c2cc3ccccc3o2)c2ccccc2O1. The van der Waals surface area contributed by atoms with Gasteiger partial charge in [-0.05, 0) is 18.2 Å². The summed E-state index contributed by atoms with van der Waals surface area (Å²) >= 11 is 0. The molecule has 20 heavy (non-hydrogen) atoms. The molecule has 1 aromatic heterocycles. The van der Waals surface area contributed by atoms with Crippen LogP contribution < -0.4 is 4.74 Å². The molecule has 2 heterocycles. The first kappa shape index (κ1) is 11.6. The Morgan fingerprint density at radius 1 is 1.00 bits per heavy atom. The highest BCUT2D eigenvalue weighted by atomic mass is 16.6. The van der Waals surface area contributed by atoms with E-state index in [4.69, 9.17) is 9.15 Å². The number of para-hydroxylation sites is 2. The van der Waals surface area contributed by atoms with Crippen molar-refractivity contribution in [2.75, 3.05) is 0 Å². The van der Waals surface area contributed by atoms with E-state index in [-0.39, 0.29) is 5.92 Å². The van der Waals surface area contributed by atoms with Crippen LogP contribution in [0.1, 0.15) is 23.7 Å². The third-order valence-electron chi connectivity index (χ3n) is 3.78. The second kappa shape index (κ2) is 4.39. The van der Waals surface area contributed by atoms with Gasteiger partial charge in [0.05, 0.1) is 5.92 Å². The molecule has 2 unspecified atom stereocenters. The molecule has 0 fully saturated rings. The van der Waals surface area contributed by atoms with Crippen molar-refractivity contribution in [3.8, 4) is 5.75 Å². The Labute approximate surface area is 116 Å². The second-order valence-electron chi connectivity index (χ2n) is 5.09. The molecule has 0 radical (unpaired) electrons. The van der Waals surface area contributed by atoms with Crippen molar-refractivity contribution in [2.24, 2.45) is 0 Å². The molecule has 1 aliphatic rings. The predicted octanol–water partition coefficient (Wildman–Crippen LogP) is 3.67. The van der Waals surface area contributed by atoms with Crippen LogP contribution in [0.4, 0.5) is 0 Å². The van der Waals surface area contributed by atoms with Crippen molar-refractivity contribution in [3.63, 3.8) is 0 Å². The van der Waals surface area contributed by atoms with Crippen LogP contribution in [0.25, 0.3) is 11.0 Å². The van der Waals surface area contributed by atoms with Crippen LogP contribution in [0, 0.1) is 0 Å². The van der Waals surface area contributed by atoms with Crippen LogP contribution in [0.3, 0.4) is 0 Å². The van der Waals surface area contributed by atoms with Crippen molar-refractivity contribution in [1.29, 1.82) is 0 Å². The number of ether oxygens (including phenoxy) is 1. The summed E-state index contributed by atoms with van der Waals surface area (Å²) in [6, 6.07) is 17.8. The number of fused-ring (bicyclic) bond motifs is 2. The minimum absolute atomic E-state index is 0.0300. The number of hydrogen-bond donors (Lipinski definition) is 1. The standard InChI is InChI=1S/C17H14O3/c18-17-10-13(12-6-2-4-8-15(12)20-17)16-9-11-5-1-3-7-14(11)19-16/h1-9,13,17-18H,10H2. The molecule has 4 rings (SSSR count). The fraction of sp³-hybridized carbons (Fsp3) is 0.176. The number of aliphatic hydroxyl groups excluding tert-OH is 1. The molecule has 3 nitrogen and oxygen atoms in total. The number of benzene rings is 2. The Balaban J connectivity index is 1.85. The van der Waals surface area contributed by atoms with Gasteiger partial charge >= 0.3 is 0 Å². The van der Waals surface area contributed by atoms with Crippen molar-refractivity contribution in [3.05, 3.63) is 65.9 Å². The molecule has 0 aliphatic carbocycles. The summed E-state index contributed by atoms with van der Waals surface area (Å²) in [7, 11) is 0. The van der Waals surface area contributed by atoms with Gasteiger partial charge in [0.25, 0.3) is 0 Å². The number of aliphatic hydroxyl groups is 1. The van der Waals surface area contributed by atoms with Crippen LogP contribution >= 0.6 is 0 Å². The lowest BCUT2D eigenvalue weighted by Crippen LogP contribution is -2.25. The van der Waals surface area contributed by atoms with Gasteiger partial charge in [0, 0.05) is 17.4 Å². The molecule has 0 bridgehead atoms. The molecule has 2 aromatic carbocycles. The maximum absolute atomic E-state index is 9.90. The minimum Gasteiger partial charge on any atom is -0.465 e. The van der Waals surface area contributed by atoms with Gasteiger partial charge < -0.3 is 14.3 Å². The Morgan fingerprint density at radius 2 is 1.80 bits per heavy atom. The highest BCUT2D eigenvalue weighted by Gasteiger charge is 2.30. The lowest BCUT2D eigenvalue weighted by atomic mass is 9.90. The average molecular weight is 266 g/mol. The summed E-state index contributed by atoms with van der Waals surface area (Å²) in [6.45, 7) is 0. The molecular weight excluding hydrogens is 252 g/mol. The Hall–Kier alpha value is -2.26. The monoisotopic (exact) mass is 266 g/mol. The molecule has 100 valence electrons. The zero-order chi connectivity index (χ0) is 13.5. The number of hydrogen-bond acceptors (Lipinski definition) is 3. The van der Waals surface area contributed by atoms with E-state index in [0.717, 1.165) is 28.0 Å². The van der Waals surface area contributed by atoms with Gasteiger partial charge in [0.2, 0.25) is 0 Å². The van der Waals surface area contributed by atoms with E-state index in [1.54, 1.807) is 0 Å². The molecule has 0 saturated heterocycles. The fourth-order valence-electron chi connectivity index (χ4n) is 2.84. The van der Waals surface area contributed by atoms with Crippen molar-refractivity contribution < 1.29 is 14.3 Å². The zero-order valence-corrected chi connectivity index (χ0v) is 10.8. The predicted molar refractivity (Wildman–Crippen MR) is 75.8 cm³/mol. The molecule has 2 atom stereocenters. The normalized spacial score (nSPS) is 21.4. The second-order valence-corrected chi connectivity index (χ2v) is 5.09. The van der Waals surface area contributed by atoms with E-state index in [1.807, 2.05) is 48.5 Å².